The molecule has 0 spiro atoms. The zero-order valence-corrected chi connectivity index (χ0v) is 16.2. The van der Waals surface area contributed by atoms with Gasteiger partial charge in [0, 0.05) is 18.7 Å². The van der Waals surface area contributed by atoms with Crippen molar-refractivity contribution >= 4 is 16.7 Å². The third-order valence-electron chi connectivity index (χ3n) is 5.69. The van der Waals surface area contributed by atoms with Crippen molar-refractivity contribution in [2.75, 3.05) is 13.1 Å². The maximum atomic E-state index is 12.8. The molecule has 28 heavy (non-hydrogen) atoms. The van der Waals surface area contributed by atoms with Gasteiger partial charge in [0.25, 0.3) is 5.91 Å². The monoisotopic (exact) mass is 375 g/mol. The number of fused-ring (bicyclic) bond motifs is 1. The summed E-state index contributed by atoms with van der Waals surface area (Å²) in [7, 11) is 0. The predicted molar refractivity (Wildman–Crippen MR) is 111 cm³/mol. The minimum Gasteiger partial charge on any atom is -0.390 e. The molecule has 1 fully saturated rings. The van der Waals surface area contributed by atoms with E-state index in [1.165, 1.54) is 22.3 Å². The van der Waals surface area contributed by atoms with Crippen LogP contribution in [0.1, 0.15) is 27.9 Å². The molecule has 0 aromatic heterocycles. The lowest BCUT2D eigenvalue weighted by atomic mass is 9.93. The van der Waals surface area contributed by atoms with Crippen molar-refractivity contribution in [1.29, 1.82) is 0 Å². The molecule has 2 atom stereocenters. The number of carbonyl (C=O) groups is 1. The summed E-state index contributed by atoms with van der Waals surface area (Å²) in [5.74, 6) is -0.105. The quantitative estimate of drug-likeness (QED) is 0.718. The number of carbonyl (C=O) groups excluding carboxylic acids is 1. The molecule has 0 aliphatic carbocycles. The molecular formula is C24H25NO3. The van der Waals surface area contributed by atoms with E-state index in [0.717, 1.165) is 10.8 Å². The van der Waals surface area contributed by atoms with Gasteiger partial charge in [-0.2, -0.15) is 0 Å². The highest BCUT2D eigenvalue weighted by Gasteiger charge is 2.29. The summed E-state index contributed by atoms with van der Waals surface area (Å²) in [6.45, 7) is 4.88. The lowest BCUT2D eigenvalue weighted by Crippen LogP contribution is -2.48. The highest BCUT2D eigenvalue weighted by molar-refractivity contribution is 5.99. The van der Waals surface area contributed by atoms with Crippen LogP contribution in [-0.4, -0.2) is 46.3 Å². The summed E-state index contributed by atoms with van der Waals surface area (Å²) in [5, 5.41) is 21.6. The number of likely N-dealkylation sites (tertiary alicyclic amines) is 1. The summed E-state index contributed by atoms with van der Waals surface area (Å²) in [6.07, 6.45) is -1.22. The number of aliphatic hydroxyl groups excluding tert-OH is 2. The van der Waals surface area contributed by atoms with Crippen molar-refractivity contribution in [3.8, 4) is 11.1 Å². The van der Waals surface area contributed by atoms with Crippen molar-refractivity contribution in [3.05, 3.63) is 71.3 Å². The Kier molecular flexibility index (Phi) is 4.92. The molecule has 0 radical (unpaired) electrons. The van der Waals surface area contributed by atoms with Crippen molar-refractivity contribution in [2.24, 2.45) is 0 Å². The summed E-state index contributed by atoms with van der Waals surface area (Å²) in [6, 6.07) is 18.4. The first-order valence-corrected chi connectivity index (χ1v) is 9.70. The minimum absolute atomic E-state index is 0.105. The molecule has 1 aliphatic heterocycles. The Labute approximate surface area is 165 Å². The Hall–Kier alpha value is -2.69. The van der Waals surface area contributed by atoms with Crippen LogP contribution in [0.2, 0.25) is 0 Å². The van der Waals surface area contributed by atoms with E-state index >= 15 is 0 Å². The Balaban J connectivity index is 1.65. The van der Waals surface area contributed by atoms with Crippen molar-refractivity contribution in [3.63, 3.8) is 0 Å². The SMILES string of the molecule is Cc1cccc(C)c1-c1ccc2cc(C(=O)N3CC[C@H](O)[C@H](O)C3)ccc2c1. The molecular weight excluding hydrogens is 350 g/mol. The van der Waals surface area contributed by atoms with Gasteiger partial charge in [-0.15, -0.1) is 0 Å². The Morgan fingerprint density at radius 1 is 0.929 bits per heavy atom. The van der Waals surface area contributed by atoms with Gasteiger partial charge in [0.1, 0.15) is 0 Å². The maximum Gasteiger partial charge on any atom is 0.253 e. The van der Waals surface area contributed by atoms with Gasteiger partial charge in [-0.25, -0.2) is 0 Å². The number of hydrogen-bond donors (Lipinski definition) is 2. The molecule has 0 saturated carbocycles. The molecule has 2 N–H and O–H groups in total. The molecule has 1 aliphatic rings. The zero-order valence-electron chi connectivity index (χ0n) is 16.2. The van der Waals surface area contributed by atoms with E-state index in [9.17, 15) is 15.0 Å². The van der Waals surface area contributed by atoms with Crippen LogP contribution in [0.5, 0.6) is 0 Å². The molecule has 1 heterocycles. The molecule has 4 rings (SSSR count). The number of aryl methyl sites for hydroxylation is 2. The first-order chi connectivity index (χ1) is 13.4. The van der Waals surface area contributed by atoms with Crippen LogP contribution in [0.15, 0.2) is 54.6 Å². The number of hydrogen-bond acceptors (Lipinski definition) is 3. The number of amides is 1. The number of nitrogens with zero attached hydrogens (tertiary/aromatic N) is 1. The van der Waals surface area contributed by atoms with E-state index < -0.39 is 12.2 Å². The second kappa shape index (κ2) is 7.38. The van der Waals surface area contributed by atoms with Crippen molar-refractivity contribution < 1.29 is 15.0 Å². The summed E-state index contributed by atoms with van der Waals surface area (Å²) in [5.41, 5.74) is 5.53. The fraction of sp³-hybridized carbons (Fsp3) is 0.292. The van der Waals surface area contributed by atoms with Crippen LogP contribution in [0, 0.1) is 13.8 Å². The molecule has 4 heteroatoms. The number of benzene rings is 3. The lowest BCUT2D eigenvalue weighted by Gasteiger charge is -2.33. The van der Waals surface area contributed by atoms with Crippen LogP contribution < -0.4 is 0 Å². The van der Waals surface area contributed by atoms with Gasteiger partial charge in [-0.05, 0) is 71.5 Å². The van der Waals surface area contributed by atoms with Gasteiger partial charge in [0.2, 0.25) is 0 Å². The van der Waals surface area contributed by atoms with E-state index in [1.54, 1.807) is 4.90 Å². The standard InChI is InChI=1S/C24H25NO3/c1-15-4-3-5-16(2)23(15)19-8-6-18-13-20(9-7-17(18)12-19)24(28)25-11-10-21(26)22(27)14-25/h3-9,12-13,21-22,26-27H,10-11,14H2,1-2H3/t21-,22+/m0/s1. The first-order valence-electron chi connectivity index (χ1n) is 9.70. The average Bonchev–Trinajstić information content (AvgIpc) is 2.69. The molecule has 144 valence electrons. The second-order valence-corrected chi connectivity index (χ2v) is 7.72. The van der Waals surface area contributed by atoms with Gasteiger partial charge in [0.15, 0.2) is 0 Å². The number of aliphatic hydroxyl groups is 2. The molecule has 3 aromatic rings. The van der Waals surface area contributed by atoms with Crippen LogP contribution in [0.3, 0.4) is 0 Å². The summed E-state index contributed by atoms with van der Waals surface area (Å²) < 4.78 is 0. The molecule has 1 saturated heterocycles. The van der Waals surface area contributed by atoms with Crippen LogP contribution in [-0.2, 0) is 0 Å². The summed E-state index contributed by atoms with van der Waals surface area (Å²) >= 11 is 0. The Morgan fingerprint density at radius 2 is 1.61 bits per heavy atom. The van der Waals surface area contributed by atoms with Crippen LogP contribution >= 0.6 is 0 Å². The summed E-state index contributed by atoms with van der Waals surface area (Å²) in [4.78, 5) is 14.4. The molecule has 4 nitrogen and oxygen atoms in total. The van der Waals surface area contributed by atoms with Gasteiger partial charge >= 0.3 is 0 Å². The smallest absolute Gasteiger partial charge is 0.253 e. The fourth-order valence-corrected chi connectivity index (χ4v) is 4.09. The Morgan fingerprint density at radius 3 is 2.32 bits per heavy atom. The molecule has 0 unspecified atom stereocenters. The normalized spacial score (nSPS) is 19.8. The number of β-amino-alcohol motifs (C(OH)–C–C–N with tert-alkyl or cyclic N) is 1. The number of rotatable bonds is 2. The maximum absolute atomic E-state index is 12.8. The minimum atomic E-state index is -0.877. The first kappa shape index (κ1) is 18.7. The van der Waals surface area contributed by atoms with Crippen molar-refractivity contribution in [1.82, 2.24) is 4.90 Å². The van der Waals surface area contributed by atoms with Gasteiger partial charge < -0.3 is 15.1 Å². The molecule has 1 amide bonds. The van der Waals surface area contributed by atoms with E-state index in [2.05, 4.69) is 50.2 Å². The van der Waals surface area contributed by atoms with Gasteiger partial charge in [-0.3, -0.25) is 4.79 Å². The fourth-order valence-electron chi connectivity index (χ4n) is 4.09. The van der Waals surface area contributed by atoms with Crippen LogP contribution in [0.4, 0.5) is 0 Å². The topological polar surface area (TPSA) is 60.8 Å². The van der Waals surface area contributed by atoms with E-state index in [0.29, 0.717) is 18.5 Å². The van der Waals surface area contributed by atoms with Gasteiger partial charge in [0.05, 0.1) is 12.2 Å². The predicted octanol–water partition coefficient (Wildman–Crippen LogP) is 3.69. The van der Waals surface area contributed by atoms with E-state index in [4.69, 9.17) is 0 Å². The third-order valence-corrected chi connectivity index (χ3v) is 5.69. The second-order valence-electron chi connectivity index (χ2n) is 7.72. The third kappa shape index (κ3) is 3.41. The highest BCUT2D eigenvalue weighted by Crippen LogP contribution is 2.30. The largest absolute Gasteiger partial charge is 0.390 e. The highest BCUT2D eigenvalue weighted by atomic mass is 16.3. The number of piperidine rings is 1. The van der Waals surface area contributed by atoms with E-state index in [1.807, 2.05) is 18.2 Å². The molecule has 3 aromatic carbocycles. The van der Waals surface area contributed by atoms with Gasteiger partial charge in [-0.1, -0.05) is 36.4 Å². The zero-order chi connectivity index (χ0) is 19.8. The lowest BCUT2D eigenvalue weighted by molar-refractivity contribution is -0.0321. The van der Waals surface area contributed by atoms with Crippen LogP contribution in [0.25, 0.3) is 21.9 Å². The van der Waals surface area contributed by atoms with E-state index in [-0.39, 0.29) is 12.5 Å². The Bertz CT molecular complexity index is 1020. The van der Waals surface area contributed by atoms with Crippen molar-refractivity contribution in [2.45, 2.75) is 32.5 Å². The average molecular weight is 375 g/mol. The molecule has 0 bridgehead atoms.